The van der Waals surface area contributed by atoms with Crippen LogP contribution in [-0.4, -0.2) is 31.6 Å². The van der Waals surface area contributed by atoms with E-state index in [9.17, 15) is 0 Å². The maximum absolute atomic E-state index is 5.71. The third kappa shape index (κ3) is 5.11. The van der Waals surface area contributed by atoms with Crippen molar-refractivity contribution >= 4 is 5.69 Å². The Morgan fingerprint density at radius 2 is 2.11 bits per heavy atom. The van der Waals surface area contributed by atoms with Crippen LogP contribution in [0.15, 0.2) is 24.3 Å². The molecule has 0 saturated heterocycles. The zero-order chi connectivity index (χ0) is 13.5. The van der Waals surface area contributed by atoms with Crippen molar-refractivity contribution in [2.45, 2.75) is 32.1 Å². The maximum atomic E-state index is 5.71. The van der Waals surface area contributed by atoms with Crippen LogP contribution in [0.1, 0.15) is 32.1 Å². The molecule has 0 atom stereocenters. The first kappa shape index (κ1) is 14.2. The molecule has 3 nitrogen and oxygen atoms in total. The molecule has 1 aliphatic rings. The van der Waals surface area contributed by atoms with E-state index in [-0.39, 0.29) is 0 Å². The molecule has 3 heteroatoms. The van der Waals surface area contributed by atoms with E-state index in [2.05, 4.69) is 11.9 Å². The van der Waals surface area contributed by atoms with E-state index in [4.69, 9.17) is 10.5 Å². The maximum Gasteiger partial charge on any atom is 0.121 e. The largest absolute Gasteiger partial charge is 0.493 e. The topological polar surface area (TPSA) is 38.5 Å². The zero-order valence-electron chi connectivity index (χ0n) is 12.0. The fraction of sp³-hybridized carbons (Fsp3) is 0.625. The molecule has 1 saturated carbocycles. The molecular weight excluding hydrogens is 236 g/mol. The van der Waals surface area contributed by atoms with Gasteiger partial charge in [-0.05, 0) is 44.4 Å². The van der Waals surface area contributed by atoms with Gasteiger partial charge in [-0.25, -0.2) is 0 Å². The average molecular weight is 262 g/mol. The summed E-state index contributed by atoms with van der Waals surface area (Å²) in [4.78, 5) is 2.44. The standard InChI is InChI=1S/C16H26N2O/c1-18(13-14-6-2-3-7-14)10-5-11-19-16-9-4-8-15(17)12-16/h4,8-9,12,14H,2-3,5-7,10-11,13,17H2,1H3. The molecule has 106 valence electrons. The molecule has 0 unspecified atom stereocenters. The minimum Gasteiger partial charge on any atom is -0.493 e. The van der Waals surface area contributed by atoms with Crippen LogP contribution in [0.3, 0.4) is 0 Å². The Morgan fingerprint density at radius 1 is 1.32 bits per heavy atom. The smallest absolute Gasteiger partial charge is 0.121 e. The predicted octanol–water partition coefficient (Wildman–Crippen LogP) is 3.16. The van der Waals surface area contributed by atoms with Gasteiger partial charge in [-0.3, -0.25) is 0 Å². The van der Waals surface area contributed by atoms with E-state index in [0.29, 0.717) is 0 Å². The van der Waals surface area contributed by atoms with E-state index in [1.165, 1.54) is 32.2 Å². The summed E-state index contributed by atoms with van der Waals surface area (Å²) in [6, 6.07) is 7.64. The molecule has 0 amide bonds. The summed E-state index contributed by atoms with van der Waals surface area (Å²) in [5, 5.41) is 0. The van der Waals surface area contributed by atoms with Gasteiger partial charge in [-0.2, -0.15) is 0 Å². The van der Waals surface area contributed by atoms with Gasteiger partial charge in [0.15, 0.2) is 0 Å². The van der Waals surface area contributed by atoms with Crippen LogP contribution in [0.2, 0.25) is 0 Å². The van der Waals surface area contributed by atoms with Gasteiger partial charge in [0.2, 0.25) is 0 Å². The average Bonchev–Trinajstić information content (AvgIpc) is 2.87. The molecular formula is C16H26N2O. The number of benzene rings is 1. The number of nitrogens with two attached hydrogens (primary N) is 1. The minimum atomic E-state index is 0.760. The lowest BCUT2D eigenvalue weighted by Gasteiger charge is -2.20. The molecule has 0 heterocycles. The van der Waals surface area contributed by atoms with E-state index in [1.807, 2.05) is 24.3 Å². The van der Waals surface area contributed by atoms with Crippen LogP contribution in [0, 0.1) is 5.92 Å². The summed E-state index contributed by atoms with van der Waals surface area (Å²) in [6.45, 7) is 3.12. The van der Waals surface area contributed by atoms with Crippen molar-refractivity contribution in [1.82, 2.24) is 4.90 Å². The van der Waals surface area contributed by atoms with Gasteiger partial charge >= 0.3 is 0 Å². The molecule has 0 aliphatic heterocycles. The fourth-order valence-electron chi connectivity index (χ4n) is 2.85. The molecule has 0 spiro atoms. The van der Waals surface area contributed by atoms with Crippen LogP contribution in [0.4, 0.5) is 5.69 Å². The Balaban J connectivity index is 1.58. The van der Waals surface area contributed by atoms with Gasteiger partial charge in [0.05, 0.1) is 6.61 Å². The molecule has 1 aromatic rings. The predicted molar refractivity (Wildman–Crippen MR) is 80.4 cm³/mol. The highest BCUT2D eigenvalue weighted by molar-refractivity contribution is 5.43. The zero-order valence-corrected chi connectivity index (χ0v) is 12.0. The Labute approximate surface area is 116 Å². The number of hydrogen-bond donors (Lipinski definition) is 1. The van der Waals surface area contributed by atoms with E-state index in [1.54, 1.807) is 0 Å². The van der Waals surface area contributed by atoms with Crippen LogP contribution in [0.25, 0.3) is 0 Å². The molecule has 19 heavy (non-hydrogen) atoms. The summed E-state index contributed by atoms with van der Waals surface area (Å²) >= 11 is 0. The first-order chi connectivity index (χ1) is 9.24. The summed E-state index contributed by atoms with van der Waals surface area (Å²) in [7, 11) is 2.22. The van der Waals surface area contributed by atoms with Crippen molar-refractivity contribution in [3.05, 3.63) is 24.3 Å². The summed E-state index contributed by atoms with van der Waals surface area (Å²) in [5.41, 5.74) is 6.47. The monoisotopic (exact) mass is 262 g/mol. The highest BCUT2D eigenvalue weighted by Crippen LogP contribution is 2.25. The number of hydrogen-bond acceptors (Lipinski definition) is 3. The van der Waals surface area contributed by atoms with Crippen molar-refractivity contribution in [1.29, 1.82) is 0 Å². The third-order valence-corrected chi connectivity index (χ3v) is 3.86. The van der Waals surface area contributed by atoms with Gasteiger partial charge in [-0.1, -0.05) is 18.9 Å². The van der Waals surface area contributed by atoms with Crippen LogP contribution < -0.4 is 10.5 Å². The molecule has 1 aromatic carbocycles. The number of nitrogen functional groups attached to an aromatic ring is 1. The molecule has 1 aliphatic carbocycles. The van der Waals surface area contributed by atoms with Gasteiger partial charge in [0, 0.05) is 24.8 Å². The lowest BCUT2D eigenvalue weighted by molar-refractivity contribution is 0.239. The summed E-state index contributed by atoms with van der Waals surface area (Å²) < 4.78 is 5.70. The normalized spacial score (nSPS) is 16.1. The lowest BCUT2D eigenvalue weighted by atomic mass is 10.1. The highest BCUT2D eigenvalue weighted by atomic mass is 16.5. The van der Waals surface area contributed by atoms with Gasteiger partial charge in [-0.15, -0.1) is 0 Å². The quantitative estimate of drug-likeness (QED) is 0.606. The number of ether oxygens (including phenoxy) is 1. The Morgan fingerprint density at radius 3 is 2.84 bits per heavy atom. The van der Waals surface area contributed by atoms with Crippen molar-refractivity contribution in [2.75, 3.05) is 32.5 Å². The SMILES string of the molecule is CN(CCCOc1cccc(N)c1)CC1CCCC1. The molecule has 0 radical (unpaired) electrons. The molecule has 0 bridgehead atoms. The van der Waals surface area contributed by atoms with E-state index in [0.717, 1.165) is 36.9 Å². The van der Waals surface area contributed by atoms with E-state index < -0.39 is 0 Å². The Hall–Kier alpha value is -1.22. The van der Waals surface area contributed by atoms with Crippen molar-refractivity contribution in [3.8, 4) is 5.75 Å². The van der Waals surface area contributed by atoms with Crippen LogP contribution in [-0.2, 0) is 0 Å². The fourth-order valence-corrected chi connectivity index (χ4v) is 2.85. The second-order valence-electron chi connectivity index (χ2n) is 5.69. The number of nitrogens with zero attached hydrogens (tertiary/aromatic N) is 1. The van der Waals surface area contributed by atoms with Gasteiger partial charge < -0.3 is 15.4 Å². The van der Waals surface area contributed by atoms with Crippen LogP contribution >= 0.6 is 0 Å². The van der Waals surface area contributed by atoms with Crippen molar-refractivity contribution in [2.24, 2.45) is 5.92 Å². The number of anilines is 1. The summed E-state index contributed by atoms with van der Waals surface area (Å²) in [5.74, 6) is 1.80. The molecule has 0 aromatic heterocycles. The first-order valence-corrected chi connectivity index (χ1v) is 7.41. The second kappa shape index (κ2) is 7.39. The number of rotatable bonds is 7. The van der Waals surface area contributed by atoms with Gasteiger partial charge in [0.1, 0.15) is 5.75 Å². The Bertz CT molecular complexity index is 375. The third-order valence-electron chi connectivity index (χ3n) is 3.86. The summed E-state index contributed by atoms with van der Waals surface area (Å²) in [6.07, 6.45) is 6.76. The van der Waals surface area contributed by atoms with E-state index >= 15 is 0 Å². The van der Waals surface area contributed by atoms with Crippen LogP contribution in [0.5, 0.6) is 5.75 Å². The van der Waals surface area contributed by atoms with Crippen molar-refractivity contribution in [3.63, 3.8) is 0 Å². The molecule has 2 rings (SSSR count). The molecule has 2 N–H and O–H groups in total. The molecule has 1 fully saturated rings. The Kier molecular flexibility index (Phi) is 5.52. The second-order valence-corrected chi connectivity index (χ2v) is 5.69. The van der Waals surface area contributed by atoms with Gasteiger partial charge in [0.25, 0.3) is 0 Å². The lowest BCUT2D eigenvalue weighted by Crippen LogP contribution is -2.26. The highest BCUT2D eigenvalue weighted by Gasteiger charge is 2.16. The first-order valence-electron chi connectivity index (χ1n) is 7.41. The minimum absolute atomic E-state index is 0.760. The van der Waals surface area contributed by atoms with Crippen molar-refractivity contribution < 1.29 is 4.74 Å².